The van der Waals surface area contributed by atoms with Crippen molar-refractivity contribution in [1.82, 2.24) is 10.2 Å². The van der Waals surface area contributed by atoms with Gasteiger partial charge in [-0.25, -0.2) is 8.78 Å². The summed E-state index contributed by atoms with van der Waals surface area (Å²) in [7, 11) is 0. The Hall–Kier alpha value is -2.44. The van der Waals surface area contributed by atoms with Crippen LogP contribution in [0.5, 0.6) is 5.75 Å². The van der Waals surface area contributed by atoms with Crippen LogP contribution >= 0.6 is 0 Å². The van der Waals surface area contributed by atoms with Crippen molar-refractivity contribution in [3.05, 3.63) is 42.2 Å². The highest BCUT2D eigenvalue weighted by molar-refractivity contribution is 5.91. The second-order valence-corrected chi connectivity index (χ2v) is 3.40. The molecule has 0 saturated heterocycles. The van der Waals surface area contributed by atoms with Gasteiger partial charge in [-0.3, -0.25) is 9.89 Å². The summed E-state index contributed by atoms with van der Waals surface area (Å²) in [5.74, 6) is -2.22. The number of hydrogen-bond donors (Lipinski definition) is 2. The largest absolute Gasteiger partial charge is 0.481 e. The summed E-state index contributed by atoms with van der Waals surface area (Å²) in [6.07, 6.45) is 2.90. The predicted octanol–water partition coefficient (Wildman–Crippen LogP) is 1.71. The Bertz CT molecular complexity index is 543. The molecule has 2 N–H and O–H groups in total. The van der Waals surface area contributed by atoms with Crippen molar-refractivity contribution in [3.8, 4) is 5.75 Å². The van der Waals surface area contributed by atoms with E-state index >= 15 is 0 Å². The first-order valence-corrected chi connectivity index (χ1v) is 5.01. The van der Waals surface area contributed by atoms with Crippen LogP contribution in [0.1, 0.15) is 0 Å². The van der Waals surface area contributed by atoms with Gasteiger partial charge >= 0.3 is 0 Å². The molecule has 1 heterocycles. The van der Waals surface area contributed by atoms with E-state index in [4.69, 9.17) is 4.74 Å². The van der Waals surface area contributed by atoms with Crippen molar-refractivity contribution in [1.29, 1.82) is 0 Å². The molecule has 1 aromatic carbocycles. The van der Waals surface area contributed by atoms with E-state index in [0.29, 0.717) is 11.8 Å². The molecule has 18 heavy (non-hydrogen) atoms. The highest BCUT2D eigenvalue weighted by Crippen LogP contribution is 2.17. The topological polar surface area (TPSA) is 67.0 Å². The predicted molar refractivity (Wildman–Crippen MR) is 59.1 cm³/mol. The molecular formula is C11H9F2N3O2. The summed E-state index contributed by atoms with van der Waals surface area (Å²) in [4.78, 5) is 11.4. The second-order valence-electron chi connectivity index (χ2n) is 3.40. The zero-order valence-corrected chi connectivity index (χ0v) is 9.11. The molecule has 0 radical (unpaired) electrons. The first kappa shape index (κ1) is 12.0. The van der Waals surface area contributed by atoms with Crippen molar-refractivity contribution in [2.45, 2.75) is 0 Å². The zero-order chi connectivity index (χ0) is 13.0. The number of aromatic amines is 1. The molecule has 5 nitrogen and oxygen atoms in total. The van der Waals surface area contributed by atoms with E-state index < -0.39 is 17.5 Å². The molecule has 1 amide bonds. The zero-order valence-electron chi connectivity index (χ0n) is 9.11. The summed E-state index contributed by atoms with van der Waals surface area (Å²) >= 11 is 0. The monoisotopic (exact) mass is 253 g/mol. The number of nitrogens with one attached hydrogen (secondary N) is 2. The number of rotatable bonds is 4. The highest BCUT2D eigenvalue weighted by atomic mass is 19.1. The van der Waals surface area contributed by atoms with Gasteiger partial charge < -0.3 is 10.1 Å². The van der Waals surface area contributed by atoms with Crippen molar-refractivity contribution >= 4 is 11.6 Å². The fraction of sp³-hybridized carbons (Fsp3) is 0.0909. The fourth-order valence-corrected chi connectivity index (χ4v) is 1.25. The van der Waals surface area contributed by atoms with Crippen LogP contribution in [0.3, 0.4) is 0 Å². The summed E-state index contributed by atoms with van der Waals surface area (Å²) < 4.78 is 30.7. The molecule has 1 aromatic heterocycles. The number of carbonyl (C=O) groups excluding carboxylic acids is 1. The maximum Gasteiger partial charge on any atom is 0.262 e. The molecule has 0 aliphatic carbocycles. The minimum atomic E-state index is -0.855. The highest BCUT2D eigenvalue weighted by Gasteiger charge is 2.08. The fourth-order valence-electron chi connectivity index (χ4n) is 1.25. The molecule has 7 heteroatoms. The third-order valence-electron chi connectivity index (χ3n) is 2.03. The number of hydrogen-bond acceptors (Lipinski definition) is 3. The van der Waals surface area contributed by atoms with Gasteiger partial charge in [0.15, 0.2) is 18.2 Å². The summed E-state index contributed by atoms with van der Waals surface area (Å²) in [6.45, 7) is -0.381. The molecular weight excluding hydrogens is 244 g/mol. The number of anilines is 1. The lowest BCUT2D eigenvalue weighted by atomic mass is 10.3. The van der Waals surface area contributed by atoms with Gasteiger partial charge in [-0.15, -0.1) is 0 Å². The van der Waals surface area contributed by atoms with Crippen LogP contribution in [-0.4, -0.2) is 22.7 Å². The van der Waals surface area contributed by atoms with E-state index in [-0.39, 0.29) is 12.4 Å². The Morgan fingerprint density at radius 3 is 2.94 bits per heavy atom. The average molecular weight is 253 g/mol. The van der Waals surface area contributed by atoms with Crippen molar-refractivity contribution in [3.63, 3.8) is 0 Å². The number of ether oxygens (including phenoxy) is 1. The first-order valence-electron chi connectivity index (χ1n) is 5.01. The number of halogens is 2. The second kappa shape index (κ2) is 5.26. The maximum absolute atomic E-state index is 13.2. The van der Waals surface area contributed by atoms with Gasteiger partial charge in [0.05, 0.1) is 11.9 Å². The third-order valence-corrected chi connectivity index (χ3v) is 2.03. The van der Waals surface area contributed by atoms with Crippen LogP contribution in [0.4, 0.5) is 14.5 Å². The van der Waals surface area contributed by atoms with E-state index in [9.17, 15) is 13.6 Å². The van der Waals surface area contributed by atoms with Crippen molar-refractivity contribution in [2.24, 2.45) is 0 Å². The number of carbonyl (C=O) groups is 1. The normalized spacial score (nSPS) is 10.1. The van der Waals surface area contributed by atoms with Crippen LogP contribution < -0.4 is 10.1 Å². The standard InChI is InChI=1S/C11H9F2N3O2/c12-7-1-2-10(9(13)3-7)18-6-11(17)16-8-4-14-15-5-8/h1-5H,6H2,(H,14,15)(H,16,17). The molecule has 0 aliphatic rings. The molecule has 0 bridgehead atoms. The number of H-pyrrole nitrogens is 1. The smallest absolute Gasteiger partial charge is 0.262 e. The van der Waals surface area contributed by atoms with Gasteiger partial charge in [-0.1, -0.05) is 0 Å². The molecule has 2 rings (SSSR count). The van der Waals surface area contributed by atoms with Gasteiger partial charge in [0.25, 0.3) is 5.91 Å². The van der Waals surface area contributed by atoms with Gasteiger partial charge in [0, 0.05) is 12.3 Å². The molecule has 0 fully saturated rings. The number of nitrogens with zero attached hydrogens (tertiary/aromatic N) is 1. The Kier molecular flexibility index (Phi) is 3.52. The van der Waals surface area contributed by atoms with Crippen molar-refractivity contribution in [2.75, 3.05) is 11.9 Å². The Labute approximate surface area is 101 Å². The van der Waals surface area contributed by atoms with Gasteiger partial charge in [0.1, 0.15) is 5.82 Å². The lowest BCUT2D eigenvalue weighted by Crippen LogP contribution is -2.20. The van der Waals surface area contributed by atoms with E-state index in [2.05, 4.69) is 15.5 Å². The van der Waals surface area contributed by atoms with E-state index in [1.807, 2.05) is 0 Å². The van der Waals surface area contributed by atoms with E-state index in [1.54, 1.807) is 0 Å². The molecule has 94 valence electrons. The minimum Gasteiger partial charge on any atom is -0.481 e. The Morgan fingerprint density at radius 2 is 2.28 bits per heavy atom. The summed E-state index contributed by atoms with van der Waals surface area (Å²) in [5, 5.41) is 8.62. The summed E-state index contributed by atoms with van der Waals surface area (Å²) in [5.41, 5.74) is 0.475. The van der Waals surface area contributed by atoms with Gasteiger partial charge in [0.2, 0.25) is 0 Å². The van der Waals surface area contributed by atoms with E-state index in [1.165, 1.54) is 12.4 Å². The molecule has 0 spiro atoms. The van der Waals surface area contributed by atoms with E-state index in [0.717, 1.165) is 12.1 Å². The quantitative estimate of drug-likeness (QED) is 0.871. The number of amides is 1. The minimum absolute atomic E-state index is 0.182. The van der Waals surface area contributed by atoms with Gasteiger partial charge in [-0.2, -0.15) is 5.10 Å². The Balaban J connectivity index is 1.89. The number of benzene rings is 1. The average Bonchev–Trinajstić information content (AvgIpc) is 2.80. The summed E-state index contributed by atoms with van der Waals surface area (Å²) in [6, 6.07) is 2.85. The van der Waals surface area contributed by atoms with Crippen LogP contribution in [0.25, 0.3) is 0 Å². The molecule has 0 unspecified atom stereocenters. The lowest BCUT2D eigenvalue weighted by molar-refractivity contribution is -0.118. The van der Waals surface area contributed by atoms with Gasteiger partial charge in [-0.05, 0) is 12.1 Å². The Morgan fingerprint density at radius 1 is 1.44 bits per heavy atom. The number of aromatic nitrogens is 2. The molecule has 0 aliphatic heterocycles. The molecule has 2 aromatic rings. The van der Waals surface area contributed by atoms with Crippen LogP contribution in [-0.2, 0) is 4.79 Å². The van der Waals surface area contributed by atoms with Crippen LogP contribution in [0.2, 0.25) is 0 Å². The first-order chi connectivity index (χ1) is 8.65. The third kappa shape index (κ3) is 3.03. The molecule has 0 atom stereocenters. The van der Waals surface area contributed by atoms with Crippen molar-refractivity contribution < 1.29 is 18.3 Å². The maximum atomic E-state index is 13.2. The molecule has 0 saturated carbocycles. The van der Waals surface area contributed by atoms with Crippen LogP contribution in [0, 0.1) is 11.6 Å². The van der Waals surface area contributed by atoms with Crippen LogP contribution in [0.15, 0.2) is 30.6 Å². The SMILES string of the molecule is O=C(COc1ccc(F)cc1F)Nc1cn[nH]c1. The lowest BCUT2D eigenvalue weighted by Gasteiger charge is -2.06.